The second-order valence-electron chi connectivity index (χ2n) is 5.47. The zero-order valence-electron chi connectivity index (χ0n) is 12.1. The van der Waals surface area contributed by atoms with Gasteiger partial charge in [0.25, 0.3) is 0 Å². The third kappa shape index (κ3) is 3.10. The van der Waals surface area contributed by atoms with Crippen LogP contribution in [0.4, 0.5) is 0 Å². The minimum Gasteiger partial charge on any atom is -0.289 e. The molecule has 0 aliphatic carbocycles. The Kier molecular flexibility index (Phi) is 4.49. The SMILES string of the molecule is CC(C)N(C(C)C)C(C)c1nc2ccc(Cl)cc2s1. The van der Waals surface area contributed by atoms with E-state index in [0.29, 0.717) is 18.1 Å². The molecule has 0 N–H and O–H groups in total. The number of hydrogen-bond donors (Lipinski definition) is 0. The molecule has 0 spiro atoms. The molecule has 2 rings (SSSR count). The predicted molar refractivity (Wildman–Crippen MR) is 85.2 cm³/mol. The van der Waals surface area contributed by atoms with Gasteiger partial charge in [-0.05, 0) is 52.8 Å². The Hall–Kier alpha value is -0.640. The van der Waals surface area contributed by atoms with Crippen molar-refractivity contribution in [1.29, 1.82) is 0 Å². The van der Waals surface area contributed by atoms with E-state index in [4.69, 9.17) is 16.6 Å². The highest BCUT2D eigenvalue weighted by atomic mass is 35.5. The fourth-order valence-electron chi connectivity index (χ4n) is 2.71. The summed E-state index contributed by atoms with van der Waals surface area (Å²) in [5.41, 5.74) is 1.05. The molecule has 19 heavy (non-hydrogen) atoms. The lowest BCUT2D eigenvalue weighted by Crippen LogP contribution is -2.38. The zero-order chi connectivity index (χ0) is 14.2. The summed E-state index contributed by atoms with van der Waals surface area (Å²) in [7, 11) is 0. The normalized spacial score (nSPS) is 13.9. The minimum atomic E-state index is 0.330. The lowest BCUT2D eigenvalue weighted by Gasteiger charge is -2.35. The molecule has 2 aromatic rings. The number of thiazole rings is 1. The van der Waals surface area contributed by atoms with Crippen molar-refractivity contribution in [1.82, 2.24) is 9.88 Å². The number of rotatable bonds is 4. The molecule has 1 aromatic heterocycles. The molecule has 1 atom stereocenters. The first-order chi connectivity index (χ1) is 8.90. The molecule has 2 nitrogen and oxygen atoms in total. The maximum Gasteiger partial charge on any atom is 0.111 e. The van der Waals surface area contributed by atoms with Crippen molar-refractivity contribution >= 4 is 33.2 Å². The maximum absolute atomic E-state index is 6.04. The number of aromatic nitrogens is 1. The molecule has 0 aliphatic heterocycles. The van der Waals surface area contributed by atoms with Gasteiger partial charge in [0.2, 0.25) is 0 Å². The van der Waals surface area contributed by atoms with Gasteiger partial charge in [-0.2, -0.15) is 0 Å². The molecule has 1 heterocycles. The van der Waals surface area contributed by atoms with Crippen LogP contribution in [0.3, 0.4) is 0 Å². The van der Waals surface area contributed by atoms with Crippen LogP contribution in [0.5, 0.6) is 0 Å². The first-order valence-corrected chi connectivity index (χ1v) is 7.93. The zero-order valence-corrected chi connectivity index (χ0v) is 13.7. The summed E-state index contributed by atoms with van der Waals surface area (Å²) in [5, 5.41) is 1.94. The second kappa shape index (κ2) is 5.78. The van der Waals surface area contributed by atoms with E-state index < -0.39 is 0 Å². The Morgan fingerprint density at radius 2 is 1.74 bits per heavy atom. The van der Waals surface area contributed by atoms with E-state index in [2.05, 4.69) is 39.5 Å². The van der Waals surface area contributed by atoms with Crippen molar-refractivity contribution in [2.45, 2.75) is 52.7 Å². The molecule has 0 radical (unpaired) electrons. The third-order valence-electron chi connectivity index (χ3n) is 3.36. The highest BCUT2D eigenvalue weighted by Gasteiger charge is 2.24. The first kappa shape index (κ1) is 14.8. The van der Waals surface area contributed by atoms with E-state index in [1.807, 2.05) is 18.2 Å². The van der Waals surface area contributed by atoms with Crippen molar-refractivity contribution in [3.05, 3.63) is 28.2 Å². The van der Waals surface area contributed by atoms with Crippen LogP contribution in [0, 0.1) is 0 Å². The van der Waals surface area contributed by atoms with Crippen LogP contribution in [0.1, 0.15) is 45.7 Å². The molecule has 1 aromatic carbocycles. The summed E-state index contributed by atoms with van der Waals surface area (Å²) in [6, 6.07) is 7.24. The number of nitrogens with zero attached hydrogens (tertiary/aromatic N) is 2. The summed E-state index contributed by atoms with van der Waals surface area (Å²) in [5.74, 6) is 0. The Labute approximate surface area is 124 Å². The summed E-state index contributed by atoms with van der Waals surface area (Å²) < 4.78 is 1.17. The van der Waals surface area contributed by atoms with E-state index in [9.17, 15) is 0 Å². The van der Waals surface area contributed by atoms with E-state index >= 15 is 0 Å². The number of hydrogen-bond acceptors (Lipinski definition) is 3. The van der Waals surface area contributed by atoms with E-state index in [-0.39, 0.29) is 0 Å². The summed E-state index contributed by atoms with van der Waals surface area (Å²) in [4.78, 5) is 7.24. The molecule has 0 bridgehead atoms. The van der Waals surface area contributed by atoms with Crippen molar-refractivity contribution in [2.75, 3.05) is 0 Å². The first-order valence-electron chi connectivity index (χ1n) is 6.73. The monoisotopic (exact) mass is 296 g/mol. The molecule has 0 aliphatic rings. The Morgan fingerprint density at radius 3 is 2.32 bits per heavy atom. The van der Waals surface area contributed by atoms with Gasteiger partial charge in [-0.15, -0.1) is 11.3 Å². The Morgan fingerprint density at radius 1 is 1.11 bits per heavy atom. The third-order valence-corrected chi connectivity index (χ3v) is 4.79. The minimum absolute atomic E-state index is 0.330. The Balaban J connectivity index is 2.37. The van der Waals surface area contributed by atoms with E-state index in [0.717, 1.165) is 10.5 Å². The van der Waals surface area contributed by atoms with Gasteiger partial charge in [0.05, 0.1) is 16.3 Å². The molecule has 0 saturated carbocycles. The van der Waals surface area contributed by atoms with Gasteiger partial charge in [0.1, 0.15) is 5.01 Å². The summed E-state index contributed by atoms with van der Waals surface area (Å²) in [6.07, 6.45) is 0. The molecule has 0 amide bonds. The molecule has 4 heteroatoms. The van der Waals surface area contributed by atoms with Gasteiger partial charge in [0.15, 0.2) is 0 Å². The number of benzene rings is 1. The van der Waals surface area contributed by atoms with E-state index in [1.165, 1.54) is 9.71 Å². The maximum atomic E-state index is 6.04. The van der Waals surface area contributed by atoms with Crippen LogP contribution in [-0.4, -0.2) is 22.0 Å². The highest BCUT2D eigenvalue weighted by molar-refractivity contribution is 7.18. The number of fused-ring (bicyclic) bond motifs is 1. The fraction of sp³-hybridized carbons (Fsp3) is 0.533. The average Bonchev–Trinajstić information content (AvgIpc) is 2.70. The molecule has 0 fully saturated rings. The van der Waals surface area contributed by atoms with Crippen LogP contribution in [0.2, 0.25) is 5.02 Å². The van der Waals surface area contributed by atoms with Gasteiger partial charge in [-0.25, -0.2) is 4.98 Å². The van der Waals surface area contributed by atoms with Gasteiger partial charge in [-0.3, -0.25) is 4.90 Å². The Bertz CT molecular complexity index is 554. The van der Waals surface area contributed by atoms with Gasteiger partial charge >= 0.3 is 0 Å². The van der Waals surface area contributed by atoms with Crippen molar-refractivity contribution in [2.24, 2.45) is 0 Å². The summed E-state index contributed by atoms with van der Waals surface area (Å²) in [6.45, 7) is 11.2. The molecular weight excluding hydrogens is 276 g/mol. The van der Waals surface area contributed by atoms with Crippen LogP contribution < -0.4 is 0 Å². The second-order valence-corrected chi connectivity index (χ2v) is 6.97. The lowest BCUT2D eigenvalue weighted by molar-refractivity contribution is 0.122. The van der Waals surface area contributed by atoms with Crippen molar-refractivity contribution in [3.63, 3.8) is 0 Å². The molecule has 104 valence electrons. The van der Waals surface area contributed by atoms with Crippen LogP contribution in [-0.2, 0) is 0 Å². The van der Waals surface area contributed by atoms with Crippen LogP contribution in [0.25, 0.3) is 10.2 Å². The largest absolute Gasteiger partial charge is 0.289 e. The smallest absolute Gasteiger partial charge is 0.111 e. The van der Waals surface area contributed by atoms with E-state index in [1.54, 1.807) is 11.3 Å². The van der Waals surface area contributed by atoms with Crippen LogP contribution >= 0.6 is 22.9 Å². The summed E-state index contributed by atoms with van der Waals surface area (Å²) >= 11 is 7.78. The topological polar surface area (TPSA) is 16.1 Å². The van der Waals surface area contributed by atoms with Crippen LogP contribution in [0.15, 0.2) is 18.2 Å². The van der Waals surface area contributed by atoms with Gasteiger partial charge < -0.3 is 0 Å². The number of halogens is 1. The van der Waals surface area contributed by atoms with Crippen molar-refractivity contribution < 1.29 is 0 Å². The highest BCUT2D eigenvalue weighted by Crippen LogP contribution is 2.32. The van der Waals surface area contributed by atoms with Gasteiger partial charge in [-0.1, -0.05) is 11.6 Å². The predicted octanol–water partition coefficient (Wildman–Crippen LogP) is 5.13. The lowest BCUT2D eigenvalue weighted by atomic mass is 10.1. The quantitative estimate of drug-likeness (QED) is 0.777. The van der Waals surface area contributed by atoms with Crippen molar-refractivity contribution in [3.8, 4) is 0 Å². The molecule has 1 unspecified atom stereocenters. The van der Waals surface area contributed by atoms with Gasteiger partial charge in [0, 0.05) is 17.1 Å². The molecular formula is C15H21ClN2S. The fourth-order valence-corrected chi connectivity index (χ4v) is 4.02. The molecule has 0 saturated heterocycles. The standard InChI is InChI=1S/C15H21ClN2S/c1-9(2)18(10(3)4)11(5)15-17-13-7-6-12(16)8-14(13)19-15/h6-11H,1-5H3. The average molecular weight is 297 g/mol.